The highest BCUT2D eigenvalue weighted by atomic mass is 19.4. The Labute approximate surface area is 107 Å². The molecule has 2 aromatic rings. The van der Waals surface area contributed by atoms with Crippen LogP contribution in [0.15, 0.2) is 29.1 Å². The quantitative estimate of drug-likeness (QED) is 0.863. The number of aromatic amines is 1. The van der Waals surface area contributed by atoms with E-state index in [2.05, 4.69) is 9.97 Å². The van der Waals surface area contributed by atoms with Crippen LogP contribution < -0.4 is 5.56 Å². The molecule has 1 aromatic carbocycles. The van der Waals surface area contributed by atoms with Gasteiger partial charge in [-0.05, 0) is 13.8 Å². The molecule has 3 nitrogen and oxygen atoms in total. The molecule has 0 amide bonds. The van der Waals surface area contributed by atoms with Crippen molar-refractivity contribution in [3.8, 4) is 11.3 Å². The van der Waals surface area contributed by atoms with Crippen LogP contribution in [0.1, 0.15) is 17.0 Å². The van der Waals surface area contributed by atoms with Gasteiger partial charge in [0.1, 0.15) is 11.4 Å². The third kappa shape index (κ3) is 2.67. The van der Waals surface area contributed by atoms with Gasteiger partial charge in [-0.15, -0.1) is 0 Å². The predicted octanol–water partition coefficient (Wildman–Crippen LogP) is 3.07. The third-order valence-electron chi connectivity index (χ3n) is 2.65. The molecule has 1 N–H and O–H groups in total. The topological polar surface area (TPSA) is 45.8 Å². The van der Waals surface area contributed by atoms with Gasteiger partial charge in [0.25, 0.3) is 5.56 Å². The number of aromatic nitrogens is 2. The first kappa shape index (κ1) is 13.3. The van der Waals surface area contributed by atoms with Crippen molar-refractivity contribution in [2.75, 3.05) is 0 Å². The fourth-order valence-corrected chi connectivity index (χ4v) is 1.77. The SMILES string of the molecule is Cc1ccc(-c2nc(C)[nH]c(=O)c2C(F)(F)F)cc1. The van der Waals surface area contributed by atoms with Crippen LogP contribution in [0.5, 0.6) is 0 Å². The Bertz CT molecular complexity index is 657. The monoisotopic (exact) mass is 268 g/mol. The van der Waals surface area contributed by atoms with Gasteiger partial charge in [-0.25, -0.2) is 4.98 Å². The van der Waals surface area contributed by atoms with Gasteiger partial charge in [0, 0.05) is 5.56 Å². The predicted molar refractivity (Wildman–Crippen MR) is 64.8 cm³/mol. The van der Waals surface area contributed by atoms with Crippen molar-refractivity contribution in [1.29, 1.82) is 0 Å². The van der Waals surface area contributed by atoms with Crippen LogP contribution in [-0.2, 0) is 6.18 Å². The zero-order valence-electron chi connectivity index (χ0n) is 10.3. The number of hydrogen-bond acceptors (Lipinski definition) is 2. The smallest absolute Gasteiger partial charge is 0.310 e. The van der Waals surface area contributed by atoms with E-state index in [-0.39, 0.29) is 17.1 Å². The standard InChI is InChI=1S/C13H11F3N2O/c1-7-3-5-9(6-4-7)11-10(13(14,15)16)12(19)18-8(2)17-11/h3-6H,1-2H3,(H,17,18,19). The molecular formula is C13H11F3N2O. The molecule has 1 heterocycles. The number of benzene rings is 1. The highest BCUT2D eigenvalue weighted by molar-refractivity contribution is 5.63. The maximum Gasteiger partial charge on any atom is 0.423 e. The Morgan fingerprint density at radius 3 is 2.21 bits per heavy atom. The first-order valence-corrected chi connectivity index (χ1v) is 5.54. The van der Waals surface area contributed by atoms with E-state index >= 15 is 0 Å². The van der Waals surface area contributed by atoms with E-state index in [0.717, 1.165) is 5.56 Å². The summed E-state index contributed by atoms with van der Waals surface area (Å²) in [4.78, 5) is 17.4. The van der Waals surface area contributed by atoms with Gasteiger partial charge in [-0.1, -0.05) is 29.8 Å². The maximum absolute atomic E-state index is 12.9. The fourth-order valence-electron chi connectivity index (χ4n) is 1.77. The lowest BCUT2D eigenvalue weighted by Crippen LogP contribution is -2.24. The number of hydrogen-bond donors (Lipinski definition) is 1. The van der Waals surface area contributed by atoms with Gasteiger partial charge in [-0.2, -0.15) is 13.2 Å². The normalized spacial score (nSPS) is 11.6. The minimum atomic E-state index is -4.74. The summed E-state index contributed by atoms with van der Waals surface area (Å²) in [5, 5.41) is 0. The Morgan fingerprint density at radius 1 is 1.11 bits per heavy atom. The van der Waals surface area contributed by atoms with E-state index in [1.54, 1.807) is 12.1 Å². The average Bonchev–Trinajstić information content (AvgIpc) is 2.26. The molecule has 19 heavy (non-hydrogen) atoms. The molecule has 0 spiro atoms. The lowest BCUT2D eigenvalue weighted by Gasteiger charge is -2.11. The third-order valence-corrected chi connectivity index (χ3v) is 2.65. The molecule has 0 radical (unpaired) electrons. The second kappa shape index (κ2) is 4.53. The molecule has 0 aliphatic heterocycles. The summed E-state index contributed by atoms with van der Waals surface area (Å²) in [5.74, 6) is 0.147. The lowest BCUT2D eigenvalue weighted by molar-refractivity contribution is -0.138. The summed E-state index contributed by atoms with van der Waals surface area (Å²) in [6, 6.07) is 6.39. The Kier molecular flexibility index (Phi) is 3.18. The first-order valence-electron chi connectivity index (χ1n) is 5.54. The number of rotatable bonds is 1. The average molecular weight is 268 g/mol. The first-order chi connectivity index (χ1) is 8.79. The van der Waals surface area contributed by atoms with Gasteiger partial charge in [-0.3, -0.25) is 4.79 Å². The van der Waals surface area contributed by atoms with Crippen molar-refractivity contribution in [2.24, 2.45) is 0 Å². The van der Waals surface area contributed by atoms with E-state index < -0.39 is 17.3 Å². The molecule has 2 rings (SSSR count). The number of aryl methyl sites for hydroxylation is 2. The molecule has 0 atom stereocenters. The second-order valence-corrected chi connectivity index (χ2v) is 4.24. The molecule has 0 aliphatic rings. The summed E-state index contributed by atoms with van der Waals surface area (Å²) in [6.07, 6.45) is -4.74. The van der Waals surface area contributed by atoms with Crippen LogP contribution in [0.3, 0.4) is 0 Å². The van der Waals surface area contributed by atoms with Gasteiger partial charge < -0.3 is 4.98 Å². The number of H-pyrrole nitrogens is 1. The summed E-state index contributed by atoms with van der Waals surface area (Å²) < 4.78 is 38.8. The van der Waals surface area contributed by atoms with Gasteiger partial charge in [0.2, 0.25) is 0 Å². The second-order valence-electron chi connectivity index (χ2n) is 4.24. The molecular weight excluding hydrogens is 257 g/mol. The molecule has 0 saturated heterocycles. The summed E-state index contributed by atoms with van der Waals surface area (Å²) in [5.41, 5.74) is -1.59. The van der Waals surface area contributed by atoms with Crippen molar-refractivity contribution in [3.63, 3.8) is 0 Å². The zero-order chi connectivity index (χ0) is 14.2. The highest BCUT2D eigenvalue weighted by Crippen LogP contribution is 2.33. The Hall–Kier alpha value is -2.11. The van der Waals surface area contributed by atoms with Crippen LogP contribution in [0, 0.1) is 13.8 Å². The van der Waals surface area contributed by atoms with E-state index in [4.69, 9.17) is 0 Å². The Morgan fingerprint density at radius 2 is 1.68 bits per heavy atom. The highest BCUT2D eigenvalue weighted by Gasteiger charge is 2.38. The van der Waals surface area contributed by atoms with E-state index in [1.807, 2.05) is 6.92 Å². The van der Waals surface area contributed by atoms with Crippen LogP contribution in [0.2, 0.25) is 0 Å². The molecule has 1 aromatic heterocycles. The van der Waals surface area contributed by atoms with Crippen molar-refractivity contribution in [3.05, 3.63) is 51.6 Å². The molecule has 0 fully saturated rings. The van der Waals surface area contributed by atoms with Crippen LogP contribution >= 0.6 is 0 Å². The van der Waals surface area contributed by atoms with Crippen LogP contribution in [0.25, 0.3) is 11.3 Å². The summed E-state index contributed by atoms with van der Waals surface area (Å²) in [7, 11) is 0. The summed E-state index contributed by atoms with van der Waals surface area (Å²) in [6.45, 7) is 3.27. The lowest BCUT2D eigenvalue weighted by atomic mass is 10.0. The Balaban J connectivity index is 2.75. The van der Waals surface area contributed by atoms with E-state index in [1.165, 1.54) is 19.1 Å². The molecule has 100 valence electrons. The van der Waals surface area contributed by atoms with Gasteiger partial charge >= 0.3 is 6.18 Å². The van der Waals surface area contributed by atoms with Gasteiger partial charge in [0.05, 0.1) is 5.69 Å². The molecule has 0 unspecified atom stereocenters. The van der Waals surface area contributed by atoms with Gasteiger partial charge in [0.15, 0.2) is 0 Å². The van der Waals surface area contributed by atoms with Crippen LogP contribution in [-0.4, -0.2) is 9.97 Å². The minimum Gasteiger partial charge on any atom is -0.310 e. The number of nitrogens with one attached hydrogen (secondary N) is 1. The van der Waals surface area contributed by atoms with Crippen molar-refractivity contribution in [1.82, 2.24) is 9.97 Å². The molecule has 0 saturated carbocycles. The van der Waals surface area contributed by atoms with E-state index in [9.17, 15) is 18.0 Å². The van der Waals surface area contributed by atoms with Crippen LogP contribution in [0.4, 0.5) is 13.2 Å². The fraction of sp³-hybridized carbons (Fsp3) is 0.231. The summed E-state index contributed by atoms with van der Waals surface area (Å²) >= 11 is 0. The number of alkyl halides is 3. The molecule has 6 heteroatoms. The molecule has 0 aliphatic carbocycles. The maximum atomic E-state index is 12.9. The minimum absolute atomic E-state index is 0.147. The number of nitrogens with zero attached hydrogens (tertiary/aromatic N) is 1. The van der Waals surface area contributed by atoms with Crippen molar-refractivity contribution >= 4 is 0 Å². The van der Waals surface area contributed by atoms with E-state index in [0.29, 0.717) is 0 Å². The van der Waals surface area contributed by atoms with Crippen molar-refractivity contribution in [2.45, 2.75) is 20.0 Å². The largest absolute Gasteiger partial charge is 0.423 e. The number of halogens is 3. The van der Waals surface area contributed by atoms with Crippen molar-refractivity contribution < 1.29 is 13.2 Å². The molecule has 0 bridgehead atoms. The zero-order valence-corrected chi connectivity index (χ0v) is 10.3.